The molecule has 0 atom stereocenters. The summed E-state index contributed by atoms with van der Waals surface area (Å²) >= 11 is 5.84. The molecule has 0 radical (unpaired) electrons. The number of halogens is 2. The molecule has 0 aliphatic carbocycles. The van der Waals surface area contributed by atoms with E-state index in [2.05, 4.69) is 5.32 Å². The number of carbonyl (C=O) groups is 2. The Kier molecular flexibility index (Phi) is 7.41. The fourth-order valence-electron chi connectivity index (χ4n) is 2.19. The lowest BCUT2D eigenvalue weighted by atomic mass is 10.1. The molecule has 0 fully saturated rings. The van der Waals surface area contributed by atoms with Gasteiger partial charge >= 0.3 is 5.97 Å². The normalized spacial score (nSPS) is 10.3. The van der Waals surface area contributed by atoms with Gasteiger partial charge < -0.3 is 14.8 Å². The number of nitrogens with one attached hydrogen (secondary N) is 1. The standard InChI is InChI=1S/C19H19ClFNO4/c1-13-10-15(20)6-7-17(13)25-12-19(24)26-11-18(23)22-9-8-14-4-2-3-5-16(14)21/h2-7,10H,8-9,11-12H2,1H3,(H,22,23). The van der Waals surface area contributed by atoms with Crippen LogP contribution in [0.15, 0.2) is 42.5 Å². The monoisotopic (exact) mass is 379 g/mol. The highest BCUT2D eigenvalue weighted by Crippen LogP contribution is 2.21. The van der Waals surface area contributed by atoms with Crippen LogP contribution in [0.5, 0.6) is 5.75 Å². The molecule has 7 heteroatoms. The van der Waals surface area contributed by atoms with Gasteiger partial charge in [0.05, 0.1) is 0 Å². The summed E-state index contributed by atoms with van der Waals surface area (Å²) in [7, 11) is 0. The first-order valence-electron chi connectivity index (χ1n) is 8.00. The second kappa shape index (κ2) is 9.77. The molecule has 2 aromatic carbocycles. The number of hydrogen-bond donors (Lipinski definition) is 1. The number of benzene rings is 2. The molecule has 0 unspecified atom stereocenters. The molecule has 1 amide bonds. The third-order valence-electron chi connectivity index (χ3n) is 3.52. The Hall–Kier alpha value is -2.60. The third-order valence-corrected chi connectivity index (χ3v) is 3.76. The van der Waals surface area contributed by atoms with Crippen molar-refractivity contribution in [3.05, 3.63) is 64.4 Å². The number of carbonyl (C=O) groups excluding carboxylic acids is 2. The van der Waals surface area contributed by atoms with Crippen LogP contribution in [0.2, 0.25) is 5.02 Å². The van der Waals surface area contributed by atoms with Crippen LogP contribution >= 0.6 is 11.6 Å². The second-order valence-corrected chi connectivity index (χ2v) is 5.99. The van der Waals surface area contributed by atoms with Crippen LogP contribution in [0.4, 0.5) is 4.39 Å². The maximum atomic E-state index is 13.4. The molecule has 138 valence electrons. The van der Waals surface area contributed by atoms with E-state index in [1.165, 1.54) is 6.07 Å². The Labute approximate surface area is 156 Å². The molecule has 2 rings (SSSR count). The van der Waals surface area contributed by atoms with Crippen LogP contribution in [-0.4, -0.2) is 31.6 Å². The molecule has 0 spiro atoms. The van der Waals surface area contributed by atoms with E-state index in [0.717, 1.165) is 5.56 Å². The van der Waals surface area contributed by atoms with Gasteiger partial charge in [0.25, 0.3) is 5.91 Å². The van der Waals surface area contributed by atoms with E-state index in [1.807, 2.05) is 0 Å². The first-order valence-corrected chi connectivity index (χ1v) is 8.38. The maximum Gasteiger partial charge on any atom is 0.344 e. The van der Waals surface area contributed by atoms with Crippen molar-refractivity contribution < 1.29 is 23.5 Å². The van der Waals surface area contributed by atoms with Crippen LogP contribution in [0.3, 0.4) is 0 Å². The molecule has 2 aromatic rings. The first kappa shape index (κ1) is 19.7. The molecule has 26 heavy (non-hydrogen) atoms. The molecule has 0 saturated heterocycles. The highest BCUT2D eigenvalue weighted by molar-refractivity contribution is 6.30. The summed E-state index contributed by atoms with van der Waals surface area (Å²) < 4.78 is 23.6. The van der Waals surface area contributed by atoms with Gasteiger partial charge in [-0.15, -0.1) is 0 Å². The maximum absolute atomic E-state index is 13.4. The van der Waals surface area contributed by atoms with Crippen LogP contribution in [0, 0.1) is 12.7 Å². The van der Waals surface area contributed by atoms with Gasteiger partial charge in [0, 0.05) is 11.6 Å². The summed E-state index contributed by atoms with van der Waals surface area (Å²) in [6.07, 6.45) is 0.352. The largest absolute Gasteiger partial charge is 0.482 e. The number of aryl methyl sites for hydroxylation is 1. The Morgan fingerprint density at radius 2 is 1.92 bits per heavy atom. The van der Waals surface area contributed by atoms with Crippen molar-refractivity contribution in [2.24, 2.45) is 0 Å². The zero-order valence-electron chi connectivity index (χ0n) is 14.3. The Bertz CT molecular complexity index is 782. The van der Waals surface area contributed by atoms with E-state index in [9.17, 15) is 14.0 Å². The molecule has 0 aromatic heterocycles. The number of ether oxygens (including phenoxy) is 2. The predicted octanol–water partition coefficient (Wildman–Crippen LogP) is 3.07. The minimum atomic E-state index is -0.663. The summed E-state index contributed by atoms with van der Waals surface area (Å²) in [4.78, 5) is 23.3. The van der Waals surface area contributed by atoms with E-state index >= 15 is 0 Å². The van der Waals surface area contributed by atoms with Crippen molar-refractivity contribution in [1.82, 2.24) is 5.32 Å². The van der Waals surface area contributed by atoms with Gasteiger partial charge in [-0.05, 0) is 48.7 Å². The Morgan fingerprint density at radius 1 is 1.15 bits per heavy atom. The second-order valence-electron chi connectivity index (χ2n) is 5.55. The van der Waals surface area contributed by atoms with Gasteiger partial charge in [-0.2, -0.15) is 0 Å². The Balaban J connectivity index is 1.65. The summed E-state index contributed by atoms with van der Waals surface area (Å²) in [5, 5.41) is 3.14. The molecular weight excluding hydrogens is 361 g/mol. The minimum absolute atomic E-state index is 0.248. The number of hydrogen-bond acceptors (Lipinski definition) is 4. The fraction of sp³-hybridized carbons (Fsp3) is 0.263. The van der Waals surface area contributed by atoms with Crippen LogP contribution < -0.4 is 10.1 Å². The third kappa shape index (κ3) is 6.37. The summed E-state index contributed by atoms with van der Waals surface area (Å²) in [5.41, 5.74) is 1.30. The van der Waals surface area contributed by atoms with E-state index in [0.29, 0.717) is 22.8 Å². The van der Waals surface area contributed by atoms with Gasteiger partial charge in [-0.25, -0.2) is 9.18 Å². The minimum Gasteiger partial charge on any atom is -0.482 e. The average Bonchev–Trinajstić information content (AvgIpc) is 2.61. The van der Waals surface area contributed by atoms with Crippen LogP contribution in [0.1, 0.15) is 11.1 Å². The molecule has 1 N–H and O–H groups in total. The molecule has 0 aliphatic rings. The first-order chi connectivity index (χ1) is 12.5. The summed E-state index contributed by atoms with van der Waals surface area (Å²) in [6, 6.07) is 11.4. The Morgan fingerprint density at radius 3 is 2.65 bits per heavy atom. The zero-order valence-corrected chi connectivity index (χ0v) is 15.0. The van der Waals surface area contributed by atoms with E-state index < -0.39 is 18.5 Å². The topological polar surface area (TPSA) is 64.6 Å². The number of esters is 1. The molecule has 0 aliphatic heterocycles. The van der Waals surface area contributed by atoms with Crippen LogP contribution in [0.25, 0.3) is 0 Å². The van der Waals surface area contributed by atoms with Gasteiger partial charge in [-0.1, -0.05) is 29.8 Å². The van der Waals surface area contributed by atoms with Crippen molar-refractivity contribution in [3.8, 4) is 5.75 Å². The lowest BCUT2D eigenvalue weighted by molar-refractivity contribution is -0.150. The van der Waals surface area contributed by atoms with Crippen molar-refractivity contribution in [2.75, 3.05) is 19.8 Å². The van der Waals surface area contributed by atoms with Crippen LogP contribution in [-0.2, 0) is 20.7 Å². The van der Waals surface area contributed by atoms with Gasteiger partial charge in [0.15, 0.2) is 13.2 Å². The summed E-state index contributed by atoms with van der Waals surface area (Å²) in [5.74, 6) is -0.926. The van der Waals surface area contributed by atoms with Crippen molar-refractivity contribution in [3.63, 3.8) is 0 Å². The fourth-order valence-corrected chi connectivity index (χ4v) is 2.41. The van der Waals surface area contributed by atoms with Gasteiger partial charge in [-0.3, -0.25) is 4.79 Å². The average molecular weight is 380 g/mol. The molecule has 0 heterocycles. The highest BCUT2D eigenvalue weighted by Gasteiger charge is 2.10. The van der Waals surface area contributed by atoms with E-state index in [-0.39, 0.29) is 19.0 Å². The van der Waals surface area contributed by atoms with Crippen molar-refractivity contribution >= 4 is 23.5 Å². The van der Waals surface area contributed by atoms with Crippen molar-refractivity contribution in [1.29, 1.82) is 0 Å². The molecule has 0 saturated carbocycles. The lowest BCUT2D eigenvalue weighted by Crippen LogP contribution is -2.31. The molecule has 5 nitrogen and oxygen atoms in total. The van der Waals surface area contributed by atoms with E-state index in [1.54, 1.807) is 43.3 Å². The van der Waals surface area contributed by atoms with Crippen molar-refractivity contribution in [2.45, 2.75) is 13.3 Å². The smallest absolute Gasteiger partial charge is 0.344 e. The van der Waals surface area contributed by atoms with Gasteiger partial charge in [0.1, 0.15) is 11.6 Å². The number of amides is 1. The zero-order chi connectivity index (χ0) is 18.9. The van der Waals surface area contributed by atoms with Gasteiger partial charge in [0.2, 0.25) is 0 Å². The molecule has 0 bridgehead atoms. The summed E-state index contributed by atoms with van der Waals surface area (Å²) in [6.45, 7) is 1.32. The SMILES string of the molecule is Cc1cc(Cl)ccc1OCC(=O)OCC(=O)NCCc1ccccc1F. The lowest BCUT2D eigenvalue weighted by Gasteiger charge is -2.10. The van der Waals surface area contributed by atoms with E-state index in [4.69, 9.17) is 21.1 Å². The predicted molar refractivity (Wildman–Crippen MR) is 95.8 cm³/mol. The number of rotatable bonds is 8. The quantitative estimate of drug-likeness (QED) is 0.716. The highest BCUT2D eigenvalue weighted by atomic mass is 35.5. The molecular formula is C19H19ClFNO4.